The summed E-state index contributed by atoms with van der Waals surface area (Å²) >= 11 is 0. The normalized spacial score (nSPS) is 23.1. The average Bonchev–Trinajstić information content (AvgIpc) is 2.18. The molecule has 0 aliphatic carbocycles. The number of nitrogens with zero attached hydrogens (tertiary/aromatic N) is 4. The van der Waals surface area contributed by atoms with E-state index < -0.39 is 12.1 Å². The number of carbonyl (C=O) groups is 1. The summed E-state index contributed by atoms with van der Waals surface area (Å²) < 4.78 is 4.44. The van der Waals surface area contributed by atoms with Crippen LogP contribution in [0.4, 0.5) is 0 Å². The first-order valence-electron chi connectivity index (χ1n) is 2.10. The lowest BCUT2D eigenvalue weighted by Crippen LogP contribution is -2.11. The Morgan fingerprint density at radius 3 is 3.22 bits per heavy atom. The molecule has 9 heavy (non-hydrogen) atoms. The van der Waals surface area contributed by atoms with Crippen LogP contribution in [0.15, 0.2) is 10.1 Å². The first-order chi connectivity index (χ1) is 4.34. The summed E-state index contributed by atoms with van der Waals surface area (Å²) in [7, 11) is 0. The van der Waals surface area contributed by atoms with Gasteiger partial charge in [-0.3, -0.25) is 4.79 Å². The number of hydrogen-bond donors (Lipinski definition) is 0. The molecule has 1 heterocycles. The standard InChI is InChI=1S/C3H2N4O2/c4-7-6-3-2(8)5-1-9-3/h1,3H. The molecule has 0 aromatic heterocycles. The van der Waals surface area contributed by atoms with Gasteiger partial charge in [-0.1, -0.05) is 0 Å². The SMILES string of the molecule is [N-]=[N+]=NC1OC=NC1=O. The molecule has 0 aromatic carbocycles. The Bertz CT molecular complexity index is 204. The van der Waals surface area contributed by atoms with E-state index in [0.717, 1.165) is 6.40 Å². The van der Waals surface area contributed by atoms with Gasteiger partial charge in [0.15, 0.2) is 6.40 Å². The van der Waals surface area contributed by atoms with E-state index in [1.54, 1.807) is 0 Å². The maximum atomic E-state index is 10.4. The van der Waals surface area contributed by atoms with Crippen molar-refractivity contribution in [3.05, 3.63) is 10.4 Å². The summed E-state index contributed by atoms with van der Waals surface area (Å²) in [6.45, 7) is 0. The van der Waals surface area contributed by atoms with Crippen molar-refractivity contribution >= 4 is 12.3 Å². The Labute approximate surface area is 49.8 Å². The first-order valence-corrected chi connectivity index (χ1v) is 2.10. The van der Waals surface area contributed by atoms with Crippen LogP contribution in [0.3, 0.4) is 0 Å². The molecule has 1 unspecified atom stereocenters. The van der Waals surface area contributed by atoms with Crippen molar-refractivity contribution in [2.75, 3.05) is 0 Å². The summed E-state index contributed by atoms with van der Waals surface area (Å²) in [6.07, 6.45) is -0.114. The zero-order chi connectivity index (χ0) is 6.69. The van der Waals surface area contributed by atoms with Crippen LogP contribution in [0, 0.1) is 0 Å². The van der Waals surface area contributed by atoms with E-state index in [4.69, 9.17) is 5.53 Å². The van der Waals surface area contributed by atoms with Gasteiger partial charge in [0.05, 0.1) is 0 Å². The molecule has 0 saturated carbocycles. The Morgan fingerprint density at radius 2 is 2.78 bits per heavy atom. The van der Waals surface area contributed by atoms with Gasteiger partial charge in [-0.15, -0.1) is 0 Å². The largest absolute Gasteiger partial charge is 0.464 e. The van der Waals surface area contributed by atoms with Crippen molar-refractivity contribution in [3.8, 4) is 0 Å². The molecular weight excluding hydrogens is 124 g/mol. The summed E-state index contributed by atoms with van der Waals surface area (Å²) in [4.78, 5) is 15.9. The number of carbonyl (C=O) groups excluding carboxylic acids is 1. The van der Waals surface area contributed by atoms with Gasteiger partial charge in [-0.2, -0.15) is 4.99 Å². The minimum atomic E-state index is -1.07. The monoisotopic (exact) mass is 126 g/mol. The van der Waals surface area contributed by atoms with Crippen LogP contribution in [-0.2, 0) is 9.53 Å². The summed E-state index contributed by atoms with van der Waals surface area (Å²) in [5.74, 6) is -0.562. The quantitative estimate of drug-likeness (QED) is 0.285. The molecular formula is C3H2N4O2. The third-order valence-electron chi connectivity index (χ3n) is 0.737. The van der Waals surface area contributed by atoms with E-state index in [0.29, 0.717) is 0 Å². The minimum Gasteiger partial charge on any atom is -0.464 e. The van der Waals surface area contributed by atoms with E-state index in [2.05, 4.69) is 19.8 Å². The van der Waals surface area contributed by atoms with Gasteiger partial charge in [0.1, 0.15) is 0 Å². The molecule has 1 amide bonds. The van der Waals surface area contributed by atoms with Crippen LogP contribution in [0.2, 0.25) is 0 Å². The molecule has 1 atom stereocenters. The number of hydrogen-bond acceptors (Lipinski definition) is 3. The van der Waals surface area contributed by atoms with E-state index in [-0.39, 0.29) is 0 Å². The summed E-state index contributed by atoms with van der Waals surface area (Å²) in [6, 6.07) is 0. The fourth-order valence-corrected chi connectivity index (χ4v) is 0.385. The number of aliphatic imine (C=N–C) groups is 1. The Kier molecular flexibility index (Phi) is 1.33. The Balaban J connectivity index is 2.66. The molecule has 0 saturated heterocycles. The zero-order valence-electron chi connectivity index (χ0n) is 4.26. The number of rotatable bonds is 1. The second-order valence-corrected chi connectivity index (χ2v) is 1.27. The number of amides is 1. The molecule has 0 radical (unpaired) electrons. The lowest BCUT2D eigenvalue weighted by atomic mass is 10.6. The molecule has 0 bridgehead atoms. The predicted molar refractivity (Wildman–Crippen MR) is 27.5 cm³/mol. The molecule has 1 rings (SSSR count). The molecule has 1 aliphatic rings. The van der Waals surface area contributed by atoms with Crippen LogP contribution in [-0.4, -0.2) is 18.5 Å². The smallest absolute Gasteiger partial charge is 0.295 e. The van der Waals surface area contributed by atoms with Crippen molar-refractivity contribution in [2.45, 2.75) is 6.23 Å². The van der Waals surface area contributed by atoms with Crippen LogP contribution in [0.5, 0.6) is 0 Å². The lowest BCUT2D eigenvalue weighted by molar-refractivity contribution is -0.122. The summed E-state index contributed by atoms with van der Waals surface area (Å²) in [5, 5.41) is 2.99. The van der Waals surface area contributed by atoms with Crippen molar-refractivity contribution in [3.63, 3.8) is 0 Å². The average molecular weight is 126 g/mol. The van der Waals surface area contributed by atoms with Crippen molar-refractivity contribution < 1.29 is 9.53 Å². The van der Waals surface area contributed by atoms with E-state index in [1.807, 2.05) is 0 Å². The van der Waals surface area contributed by atoms with Gasteiger partial charge >= 0.3 is 0 Å². The first kappa shape index (κ1) is 5.58. The second-order valence-electron chi connectivity index (χ2n) is 1.27. The van der Waals surface area contributed by atoms with Crippen molar-refractivity contribution in [1.82, 2.24) is 0 Å². The maximum Gasteiger partial charge on any atom is 0.295 e. The topological polar surface area (TPSA) is 87.4 Å². The number of azide groups is 1. The third-order valence-corrected chi connectivity index (χ3v) is 0.737. The number of ether oxygens (including phenoxy) is 1. The fourth-order valence-electron chi connectivity index (χ4n) is 0.385. The van der Waals surface area contributed by atoms with Gasteiger partial charge in [-0.25, -0.2) is 0 Å². The highest BCUT2D eigenvalue weighted by atomic mass is 16.5. The zero-order valence-corrected chi connectivity index (χ0v) is 4.26. The van der Waals surface area contributed by atoms with E-state index >= 15 is 0 Å². The molecule has 6 nitrogen and oxygen atoms in total. The molecule has 1 aliphatic heterocycles. The minimum absolute atomic E-state index is 0.562. The third kappa shape index (κ3) is 0.974. The van der Waals surface area contributed by atoms with Gasteiger partial charge < -0.3 is 4.74 Å². The van der Waals surface area contributed by atoms with Gasteiger partial charge in [0.25, 0.3) is 12.1 Å². The van der Waals surface area contributed by atoms with E-state index in [9.17, 15) is 4.79 Å². The molecule has 6 heteroatoms. The highest BCUT2D eigenvalue weighted by Crippen LogP contribution is 2.01. The maximum absolute atomic E-state index is 10.4. The Hall–Kier alpha value is -1.55. The predicted octanol–water partition coefficient (Wildman–Crippen LogP) is 0.208. The molecule has 0 aromatic rings. The molecule has 0 N–H and O–H groups in total. The van der Waals surface area contributed by atoms with Gasteiger partial charge in [0.2, 0.25) is 0 Å². The van der Waals surface area contributed by atoms with Crippen molar-refractivity contribution in [1.29, 1.82) is 0 Å². The van der Waals surface area contributed by atoms with Crippen LogP contribution < -0.4 is 0 Å². The lowest BCUT2D eigenvalue weighted by Gasteiger charge is -1.93. The molecule has 46 valence electrons. The fraction of sp³-hybridized carbons (Fsp3) is 0.333. The van der Waals surface area contributed by atoms with Gasteiger partial charge in [-0.05, 0) is 10.6 Å². The highest BCUT2D eigenvalue weighted by Gasteiger charge is 2.20. The van der Waals surface area contributed by atoms with Crippen LogP contribution >= 0.6 is 0 Å². The second kappa shape index (κ2) is 2.15. The van der Waals surface area contributed by atoms with Crippen LogP contribution in [0.1, 0.15) is 0 Å². The Morgan fingerprint density at radius 1 is 2.00 bits per heavy atom. The summed E-state index contributed by atoms with van der Waals surface area (Å²) in [5.41, 5.74) is 7.82. The highest BCUT2D eigenvalue weighted by molar-refractivity contribution is 5.91. The van der Waals surface area contributed by atoms with E-state index in [1.165, 1.54) is 0 Å². The van der Waals surface area contributed by atoms with Crippen molar-refractivity contribution in [2.24, 2.45) is 10.1 Å². The van der Waals surface area contributed by atoms with Crippen LogP contribution in [0.25, 0.3) is 10.4 Å². The molecule has 0 spiro atoms. The van der Waals surface area contributed by atoms with Gasteiger partial charge in [0, 0.05) is 4.91 Å². The molecule has 0 fully saturated rings.